The third-order valence-electron chi connectivity index (χ3n) is 11.1. The predicted molar refractivity (Wildman–Crippen MR) is 225 cm³/mol. The zero-order valence-electron chi connectivity index (χ0n) is 31.3. The minimum atomic E-state index is -1.28. The Labute approximate surface area is 333 Å². The number of rotatable bonds is 22. The molecule has 0 aliphatic heterocycles. The Kier molecular flexibility index (Phi) is 14.4. The van der Waals surface area contributed by atoms with Crippen LogP contribution in [0.5, 0.6) is 0 Å². The maximum absolute atomic E-state index is 13.7. The van der Waals surface area contributed by atoms with Crippen LogP contribution in [-0.2, 0) is 6.42 Å². The summed E-state index contributed by atoms with van der Waals surface area (Å²) in [5, 5.41) is 34.5. The summed E-state index contributed by atoms with van der Waals surface area (Å²) in [5.41, 5.74) is 6.64. The fraction of sp³-hybridized carbons (Fsp3) is 0.455. The first-order chi connectivity index (χ1) is 25.9. The number of hydrogen-bond donors (Lipinski definition) is 4. The zero-order chi connectivity index (χ0) is 39.1. The number of unbranched alkanes of at least 4 members (excludes halogenated alkanes) is 12. The van der Waals surface area contributed by atoms with Gasteiger partial charge < -0.3 is 21.1 Å². The number of benzene rings is 5. The summed E-state index contributed by atoms with van der Waals surface area (Å²) in [7, 11) is 0. The van der Waals surface area contributed by atoms with Crippen LogP contribution in [0.1, 0.15) is 164 Å². The lowest BCUT2D eigenvalue weighted by Crippen LogP contribution is -2.19. The average molecular weight is 866 g/mol. The number of carboxylic acids is 3. The maximum Gasteiger partial charge on any atom is 0.336 e. The first-order valence-corrected chi connectivity index (χ1v) is 21.1. The summed E-state index contributed by atoms with van der Waals surface area (Å²) in [4.78, 5) is 51.7. The monoisotopic (exact) mass is 863 g/mol. The molecule has 54 heavy (non-hydrogen) atoms. The average Bonchev–Trinajstić information content (AvgIpc) is 3.13. The number of aromatic carboxylic acids is 3. The maximum atomic E-state index is 13.7. The van der Waals surface area contributed by atoms with Gasteiger partial charge in [-0.25, -0.2) is 14.4 Å². The molecule has 5 aromatic carbocycles. The van der Waals surface area contributed by atoms with Gasteiger partial charge in [-0.1, -0.05) is 145 Å². The molecule has 0 fully saturated rings. The van der Waals surface area contributed by atoms with Crippen LogP contribution in [-0.4, -0.2) is 39.1 Å². The van der Waals surface area contributed by atoms with Crippen LogP contribution in [0, 0.1) is 5.92 Å². The number of hydrogen-bond acceptors (Lipinski definition) is 4. The molecule has 10 heteroatoms. The van der Waals surface area contributed by atoms with E-state index in [1.165, 1.54) is 82.4 Å². The number of carbonyl (C=O) groups excluding carboxylic acids is 1. The molecular formula is C44H51Br2NO7. The van der Waals surface area contributed by atoms with Crippen molar-refractivity contribution in [2.45, 2.75) is 123 Å². The third-order valence-corrected chi connectivity index (χ3v) is 12.6. The number of halogens is 2. The lowest BCUT2D eigenvalue weighted by atomic mass is 9.80. The van der Waals surface area contributed by atoms with Gasteiger partial charge in [0.25, 0.3) is 0 Å². The molecule has 0 aromatic heterocycles. The second-order valence-corrected chi connectivity index (χ2v) is 16.5. The van der Waals surface area contributed by atoms with Gasteiger partial charge in [-0.3, -0.25) is 4.79 Å². The minimum Gasteiger partial charge on any atom is -0.478 e. The lowest BCUT2D eigenvalue weighted by molar-refractivity contribution is 0.0685. The van der Waals surface area contributed by atoms with Gasteiger partial charge in [-0.2, -0.15) is 0 Å². The van der Waals surface area contributed by atoms with E-state index in [0.717, 1.165) is 38.5 Å². The molecule has 5 rings (SSSR count). The van der Waals surface area contributed by atoms with Crippen LogP contribution in [0.3, 0.4) is 0 Å². The van der Waals surface area contributed by atoms with Gasteiger partial charge in [-0.05, 0) is 62.8 Å². The molecule has 1 unspecified atom stereocenters. The molecule has 1 amide bonds. The van der Waals surface area contributed by atoms with Crippen molar-refractivity contribution >= 4 is 98.8 Å². The number of amides is 1. The molecule has 8 nitrogen and oxygen atoms in total. The van der Waals surface area contributed by atoms with Crippen LogP contribution in [0.15, 0.2) is 39.3 Å². The van der Waals surface area contributed by atoms with Crippen LogP contribution < -0.4 is 5.73 Å². The largest absolute Gasteiger partial charge is 0.478 e. The van der Waals surface area contributed by atoms with E-state index >= 15 is 0 Å². The summed E-state index contributed by atoms with van der Waals surface area (Å²) in [6.45, 7) is 4.43. The Morgan fingerprint density at radius 3 is 1.50 bits per heavy atom. The van der Waals surface area contributed by atoms with Gasteiger partial charge in [0.2, 0.25) is 5.91 Å². The summed E-state index contributed by atoms with van der Waals surface area (Å²) in [5.74, 6) is -4.26. The number of primary amides is 1. The van der Waals surface area contributed by atoms with Crippen molar-refractivity contribution in [3.05, 3.63) is 67.1 Å². The van der Waals surface area contributed by atoms with Gasteiger partial charge in [0.05, 0.1) is 22.3 Å². The van der Waals surface area contributed by atoms with E-state index < -0.39 is 23.8 Å². The van der Waals surface area contributed by atoms with Gasteiger partial charge in [0.15, 0.2) is 0 Å². The van der Waals surface area contributed by atoms with Gasteiger partial charge in [0.1, 0.15) is 0 Å². The summed E-state index contributed by atoms with van der Waals surface area (Å²) in [6, 6.07) is 7.55. The summed E-state index contributed by atoms with van der Waals surface area (Å²) < 4.78 is 0.986. The highest BCUT2D eigenvalue weighted by Gasteiger charge is 2.31. The van der Waals surface area contributed by atoms with E-state index in [4.69, 9.17) is 5.73 Å². The molecule has 1 atom stereocenters. The third kappa shape index (κ3) is 8.55. The minimum absolute atomic E-state index is 0.0618. The normalized spacial score (nSPS) is 12.4. The fourth-order valence-corrected chi connectivity index (χ4v) is 9.93. The molecule has 5 N–H and O–H groups in total. The fourth-order valence-electron chi connectivity index (χ4n) is 8.51. The van der Waals surface area contributed by atoms with Crippen LogP contribution in [0.25, 0.3) is 43.1 Å². The first-order valence-electron chi connectivity index (χ1n) is 19.5. The van der Waals surface area contributed by atoms with Crippen molar-refractivity contribution in [2.75, 3.05) is 0 Å². The van der Waals surface area contributed by atoms with E-state index in [9.17, 15) is 34.5 Å². The SMILES string of the molecule is CCCCCCCCCCC(CCCCCCCC)Cc1c(C(N)=O)c2c(C(=O)O)ccc3c4c(Br)cc(C(=O)O)c5c(C(=O)O)ccc(c(c1Br)c23)c54. The van der Waals surface area contributed by atoms with E-state index in [1.807, 2.05) is 0 Å². The van der Waals surface area contributed by atoms with Gasteiger partial charge >= 0.3 is 17.9 Å². The zero-order valence-corrected chi connectivity index (χ0v) is 34.5. The van der Waals surface area contributed by atoms with E-state index in [-0.39, 0.29) is 38.9 Å². The number of fused-ring (bicyclic) bond motifs is 2. The molecule has 0 saturated carbocycles. The molecule has 5 aromatic rings. The number of carboxylic acid groups (broad SMARTS) is 3. The molecule has 0 aliphatic carbocycles. The predicted octanol–water partition coefficient (Wildman–Crippen LogP) is 12.9. The van der Waals surface area contributed by atoms with Crippen molar-refractivity contribution in [3.8, 4) is 0 Å². The Hall–Kier alpha value is -3.76. The standard InChI is InChI=1S/C44H51Br2NO7/c1-3-5-7-9-11-12-14-16-18-25(17-15-13-10-8-6-4-2)23-30-39(41(47)48)37-29(43(51)52)22-19-26-34-32(45)24-31(44(53)54)33-28(42(49)50)21-20-27(35(33)34)38(36(26)37)40(30)46/h19-22,24-25H,3-18,23H2,1-2H3,(H2,47,48)(H,49,50)(H,51,52)(H,53,54). The van der Waals surface area contributed by atoms with Crippen molar-refractivity contribution in [2.24, 2.45) is 11.7 Å². The number of carbonyl (C=O) groups is 4. The van der Waals surface area contributed by atoms with Gasteiger partial charge in [0, 0.05) is 41.3 Å². The van der Waals surface area contributed by atoms with E-state index in [1.54, 1.807) is 12.1 Å². The molecule has 0 spiro atoms. The molecule has 0 bridgehead atoms. The molecular weight excluding hydrogens is 814 g/mol. The highest BCUT2D eigenvalue weighted by atomic mass is 79.9. The first kappa shape index (κ1) is 41.4. The Bertz CT molecular complexity index is 2190. The Balaban J connectivity index is 1.74. The second-order valence-electron chi connectivity index (χ2n) is 14.8. The van der Waals surface area contributed by atoms with Crippen LogP contribution in [0.4, 0.5) is 0 Å². The van der Waals surface area contributed by atoms with Gasteiger partial charge in [-0.15, -0.1) is 0 Å². The van der Waals surface area contributed by atoms with E-state index in [2.05, 4.69) is 45.7 Å². The van der Waals surface area contributed by atoms with Crippen molar-refractivity contribution < 1.29 is 34.5 Å². The topological polar surface area (TPSA) is 155 Å². The summed E-state index contributed by atoms with van der Waals surface area (Å²) >= 11 is 7.47. The van der Waals surface area contributed by atoms with Crippen molar-refractivity contribution in [1.82, 2.24) is 0 Å². The number of nitrogens with two attached hydrogens (primary N) is 1. The van der Waals surface area contributed by atoms with Crippen molar-refractivity contribution in [3.63, 3.8) is 0 Å². The quantitative estimate of drug-likeness (QED) is 0.0307. The van der Waals surface area contributed by atoms with Crippen molar-refractivity contribution in [1.29, 1.82) is 0 Å². The smallest absolute Gasteiger partial charge is 0.336 e. The van der Waals surface area contributed by atoms with Crippen LogP contribution >= 0.6 is 31.9 Å². The van der Waals surface area contributed by atoms with E-state index in [0.29, 0.717) is 53.2 Å². The second kappa shape index (κ2) is 18.7. The molecule has 0 aliphatic rings. The highest BCUT2D eigenvalue weighted by Crippen LogP contribution is 2.50. The molecule has 0 saturated heterocycles. The Morgan fingerprint density at radius 1 is 0.574 bits per heavy atom. The highest BCUT2D eigenvalue weighted by molar-refractivity contribution is 9.11. The molecule has 288 valence electrons. The van der Waals surface area contributed by atoms with Crippen LogP contribution in [0.2, 0.25) is 0 Å². The molecule has 0 heterocycles. The summed E-state index contributed by atoms with van der Waals surface area (Å²) in [6.07, 6.45) is 19.0. The Morgan fingerprint density at radius 2 is 1.02 bits per heavy atom. The lowest BCUT2D eigenvalue weighted by Gasteiger charge is -2.25. The molecule has 0 radical (unpaired) electrons.